The molecule has 0 aromatic heterocycles. The van der Waals surface area contributed by atoms with Crippen molar-refractivity contribution in [1.82, 2.24) is 0 Å². The Hall–Kier alpha value is 0.965. The van der Waals surface area contributed by atoms with Crippen LogP contribution in [0.25, 0.3) is 0 Å². The summed E-state index contributed by atoms with van der Waals surface area (Å²) >= 11 is 2.50. The minimum Gasteiger partial charge on any atom is -0.148 e. The molecule has 0 nitrogen and oxygen atoms in total. The molecule has 118 valence electrons. The van der Waals surface area contributed by atoms with Crippen molar-refractivity contribution < 1.29 is 0 Å². The van der Waals surface area contributed by atoms with Gasteiger partial charge in [-0.25, -0.2) is 0 Å². The maximum Gasteiger partial charge on any atom is 0.225 e. The van der Waals surface area contributed by atoms with Crippen LogP contribution in [0.4, 0.5) is 0 Å². The molecule has 3 heteroatoms. The zero-order chi connectivity index (χ0) is 16.0. The van der Waals surface area contributed by atoms with E-state index in [1.54, 1.807) is 0 Å². The van der Waals surface area contributed by atoms with Crippen molar-refractivity contribution in [3.63, 3.8) is 0 Å². The summed E-state index contributed by atoms with van der Waals surface area (Å²) in [5.41, 5.74) is 2.69. The highest BCUT2D eigenvalue weighted by Crippen LogP contribution is 2.42. The smallest absolute Gasteiger partial charge is 0.148 e. The quantitative estimate of drug-likeness (QED) is 0.166. The Bertz CT molecular complexity index is 308. The lowest BCUT2D eigenvalue weighted by atomic mass is 9.71. The molecule has 0 aliphatic rings. The summed E-state index contributed by atoms with van der Waals surface area (Å²) in [6.07, 6.45) is 6.24. The molecule has 0 aromatic rings. The highest BCUT2D eigenvalue weighted by atomic mass is 127. The molecule has 0 heterocycles. The first-order chi connectivity index (χ1) is 8.93. The summed E-state index contributed by atoms with van der Waals surface area (Å²) in [6.45, 7) is 21.1. The molecular weight excluding hydrogens is 373 g/mol. The maximum atomic E-state index is 4.37. The molecule has 0 N–H and O–H groups in total. The molecule has 1 atom stereocenters. The van der Waals surface area contributed by atoms with Crippen LogP contribution in [-0.4, -0.2) is 11.0 Å². The largest absolute Gasteiger partial charge is 0.225 e. The van der Waals surface area contributed by atoms with E-state index < -0.39 is 0 Å². The molecule has 0 radical (unpaired) electrons. The van der Waals surface area contributed by atoms with Crippen molar-refractivity contribution in [1.29, 1.82) is 0 Å². The first-order valence-corrected chi connectivity index (χ1v) is 10.8. The molecule has 0 amide bonds. The van der Waals surface area contributed by atoms with Gasteiger partial charge in [-0.3, -0.25) is 0 Å². The van der Waals surface area contributed by atoms with Gasteiger partial charge in [0.25, 0.3) is 0 Å². The predicted molar refractivity (Wildman–Crippen MR) is 109 cm³/mol. The molecule has 0 saturated carbocycles. The van der Waals surface area contributed by atoms with Gasteiger partial charge in [0, 0.05) is 0 Å². The van der Waals surface area contributed by atoms with Crippen molar-refractivity contribution in [3.8, 4) is 0 Å². The Labute approximate surface area is 144 Å². The predicted octanol–water partition coefficient (Wildman–Crippen LogP) is 6.58. The van der Waals surface area contributed by atoms with E-state index in [0.29, 0.717) is 16.2 Å². The Kier molecular flexibility index (Phi) is 8.97. The monoisotopic (exact) mass is 408 g/mol. The fourth-order valence-electron chi connectivity index (χ4n) is 3.35. The number of rotatable bonds is 10. The van der Waals surface area contributed by atoms with Crippen LogP contribution in [0.1, 0.15) is 74.1 Å². The van der Waals surface area contributed by atoms with Crippen LogP contribution in [0.15, 0.2) is 12.2 Å². The highest BCUT2D eigenvalue weighted by molar-refractivity contribution is 14.1. The molecule has 0 fully saturated rings. The van der Waals surface area contributed by atoms with Gasteiger partial charge in [-0.1, -0.05) is 67.0 Å². The lowest BCUT2D eigenvalue weighted by Gasteiger charge is -2.36. The zero-order valence-corrected chi connectivity index (χ0v) is 18.0. The van der Waals surface area contributed by atoms with Crippen molar-refractivity contribution in [2.45, 2.75) is 74.1 Å². The van der Waals surface area contributed by atoms with Gasteiger partial charge in [-0.05, 0) is 41.7 Å². The molecule has 0 aliphatic heterocycles. The van der Waals surface area contributed by atoms with E-state index in [1.165, 1.54) is 42.3 Å². The van der Waals surface area contributed by atoms with Gasteiger partial charge in [-0.2, -0.15) is 0 Å². The fourth-order valence-corrected chi connectivity index (χ4v) is 5.05. The minimum absolute atomic E-state index is 0.375. The molecule has 0 saturated heterocycles. The van der Waals surface area contributed by atoms with Gasteiger partial charge >= 0.3 is 0 Å². The Morgan fingerprint density at radius 1 is 1.00 bits per heavy atom. The number of hydrogen-bond donors (Lipinski definition) is 0. The van der Waals surface area contributed by atoms with Crippen LogP contribution in [0.2, 0.25) is 0 Å². The Balaban J connectivity index is 4.47. The lowest BCUT2D eigenvalue weighted by Crippen LogP contribution is -2.26. The second kappa shape index (κ2) is 8.56. The minimum atomic E-state index is 0.375. The summed E-state index contributed by atoms with van der Waals surface area (Å²) in [6, 6.07) is 0. The molecule has 0 aromatic carbocycles. The van der Waals surface area contributed by atoms with E-state index in [-0.39, 0.29) is 0 Å². The van der Waals surface area contributed by atoms with Gasteiger partial charge in [0.1, 0.15) is 0 Å². The van der Waals surface area contributed by atoms with Gasteiger partial charge in [0.15, 0.2) is 0 Å². The van der Waals surface area contributed by atoms with Crippen molar-refractivity contribution >= 4 is 35.7 Å². The lowest BCUT2D eigenvalue weighted by molar-refractivity contribution is 0.209. The molecule has 0 aliphatic carbocycles. The van der Waals surface area contributed by atoms with E-state index in [9.17, 15) is 0 Å². The van der Waals surface area contributed by atoms with Crippen molar-refractivity contribution in [2.24, 2.45) is 16.2 Å². The number of halogens is 1. The van der Waals surface area contributed by atoms with Crippen molar-refractivity contribution in [2.75, 3.05) is 6.16 Å². The summed E-state index contributed by atoms with van der Waals surface area (Å²) < 4.78 is 0. The summed E-state index contributed by atoms with van der Waals surface area (Å²) in [4.78, 5) is 1.30. The molecular formula is C17H35BIP. The summed E-state index contributed by atoms with van der Waals surface area (Å²) in [5.74, 6) is 0. The molecule has 0 rings (SSSR count). The van der Waals surface area contributed by atoms with Crippen LogP contribution < -0.4 is 0 Å². The molecule has 20 heavy (non-hydrogen) atoms. The second-order valence-electron chi connectivity index (χ2n) is 8.69. The van der Waals surface area contributed by atoms with Gasteiger partial charge in [0.2, 0.25) is 4.86 Å². The van der Waals surface area contributed by atoms with Crippen LogP contribution in [0.5, 0.6) is 0 Å². The SMILES string of the molecule is C=C(CC(C)(C)CC)CC(C)(C)CC(C)(C)CPBI. The average Bonchev–Trinajstić information content (AvgIpc) is 2.23. The normalized spacial score (nSPS) is 14.0. The maximum absolute atomic E-state index is 4.37. The van der Waals surface area contributed by atoms with Crippen molar-refractivity contribution in [3.05, 3.63) is 12.2 Å². The summed E-state index contributed by atoms with van der Waals surface area (Å²) in [5, 5.41) is 0. The topological polar surface area (TPSA) is 0 Å². The Morgan fingerprint density at radius 3 is 1.95 bits per heavy atom. The standard InChI is InChI=1S/C17H35BIP/c1-9-15(3,4)10-14(2)11-16(5,6)12-17(7,8)13-20-18-19/h18,20H,2,9-13H2,1,3-8H3. The van der Waals surface area contributed by atoms with E-state index in [0.717, 1.165) is 8.46 Å². The van der Waals surface area contributed by atoms with Crippen LogP contribution in [0.3, 0.4) is 0 Å². The van der Waals surface area contributed by atoms with Gasteiger partial charge < -0.3 is 0 Å². The van der Waals surface area contributed by atoms with Crippen LogP contribution >= 0.6 is 30.8 Å². The third kappa shape index (κ3) is 9.82. The average molecular weight is 408 g/mol. The number of hydrogen-bond acceptors (Lipinski definition) is 0. The van der Waals surface area contributed by atoms with Crippen LogP contribution in [-0.2, 0) is 0 Å². The fraction of sp³-hybridized carbons (Fsp3) is 0.882. The molecule has 0 spiro atoms. The Morgan fingerprint density at radius 2 is 1.50 bits per heavy atom. The van der Waals surface area contributed by atoms with Gasteiger partial charge in [-0.15, -0.1) is 30.8 Å². The first kappa shape index (κ1) is 21.0. The molecule has 0 bridgehead atoms. The van der Waals surface area contributed by atoms with E-state index >= 15 is 0 Å². The van der Waals surface area contributed by atoms with E-state index in [1.807, 2.05) is 0 Å². The summed E-state index contributed by atoms with van der Waals surface area (Å²) in [7, 11) is 1.10. The third-order valence-electron chi connectivity index (χ3n) is 4.07. The molecule has 1 unspecified atom stereocenters. The number of allylic oxidation sites excluding steroid dienone is 1. The second-order valence-corrected chi connectivity index (χ2v) is 12.1. The zero-order valence-electron chi connectivity index (χ0n) is 14.8. The van der Waals surface area contributed by atoms with Crippen LogP contribution in [0, 0.1) is 16.2 Å². The highest BCUT2D eigenvalue weighted by Gasteiger charge is 2.29. The van der Waals surface area contributed by atoms with E-state index in [4.69, 9.17) is 0 Å². The van der Waals surface area contributed by atoms with Gasteiger partial charge in [0.05, 0.1) is 0 Å². The first-order valence-electron chi connectivity index (χ1n) is 7.86. The van der Waals surface area contributed by atoms with E-state index in [2.05, 4.69) is 77.4 Å². The third-order valence-corrected chi connectivity index (χ3v) is 7.08.